The molecule has 0 bridgehead atoms. The Hall–Kier alpha value is -0.220. The van der Waals surface area contributed by atoms with Crippen LogP contribution in [0.4, 0.5) is 0 Å². The molecule has 0 aromatic heterocycles. The van der Waals surface area contributed by atoms with Gasteiger partial charge in [-0.2, -0.15) is 0 Å². The van der Waals surface area contributed by atoms with Crippen LogP contribution in [-0.2, 0) is 4.74 Å². The molecule has 0 aromatic rings. The average molecular weight is 256 g/mol. The molecule has 2 rings (SSSR count). The normalized spacial score (nSPS) is 33.9. The summed E-state index contributed by atoms with van der Waals surface area (Å²) in [5, 5.41) is 5.31. The molecule has 4 heteroatoms. The third kappa shape index (κ3) is 3.88. The van der Waals surface area contributed by atoms with Crippen molar-refractivity contribution < 1.29 is 4.74 Å². The molecule has 1 saturated heterocycles. The lowest BCUT2D eigenvalue weighted by Crippen LogP contribution is -2.37. The maximum absolute atomic E-state index is 5.56. The van der Waals surface area contributed by atoms with E-state index < -0.39 is 0 Å². The van der Waals surface area contributed by atoms with Gasteiger partial charge in [0, 0.05) is 11.9 Å². The number of hydrogen-bond acceptors (Lipinski definition) is 4. The monoisotopic (exact) mass is 256 g/mol. The molecule has 1 fully saturated rings. The van der Waals surface area contributed by atoms with Crippen molar-refractivity contribution in [1.82, 2.24) is 5.32 Å². The Morgan fingerprint density at radius 3 is 2.82 bits per heavy atom. The molecule has 2 aliphatic rings. The quantitative estimate of drug-likeness (QED) is 0.824. The van der Waals surface area contributed by atoms with Gasteiger partial charge in [0.05, 0.1) is 18.7 Å². The SMILES string of the molecule is CC1OCCC1NC1=NCC(CC(C)(C)C)S1. The molecular formula is C13H24N2OS. The molecule has 2 heterocycles. The summed E-state index contributed by atoms with van der Waals surface area (Å²) in [6.07, 6.45) is 2.65. The van der Waals surface area contributed by atoms with Crippen LogP contribution in [0.3, 0.4) is 0 Å². The van der Waals surface area contributed by atoms with Crippen LogP contribution >= 0.6 is 11.8 Å². The first-order valence-corrected chi connectivity index (χ1v) is 7.41. The van der Waals surface area contributed by atoms with Gasteiger partial charge in [0.25, 0.3) is 0 Å². The highest BCUT2D eigenvalue weighted by atomic mass is 32.2. The molecule has 3 unspecified atom stereocenters. The zero-order valence-corrected chi connectivity index (χ0v) is 12.1. The van der Waals surface area contributed by atoms with Crippen LogP contribution in [0.1, 0.15) is 40.5 Å². The van der Waals surface area contributed by atoms with Gasteiger partial charge in [0.1, 0.15) is 0 Å². The topological polar surface area (TPSA) is 33.6 Å². The Balaban J connectivity index is 1.77. The van der Waals surface area contributed by atoms with Crippen molar-refractivity contribution in [3.05, 3.63) is 0 Å². The first-order valence-electron chi connectivity index (χ1n) is 6.53. The molecule has 0 spiro atoms. The van der Waals surface area contributed by atoms with Gasteiger partial charge >= 0.3 is 0 Å². The number of rotatable bonds is 2. The Labute approximate surface area is 109 Å². The number of amidine groups is 1. The van der Waals surface area contributed by atoms with E-state index in [9.17, 15) is 0 Å². The molecule has 2 aliphatic heterocycles. The largest absolute Gasteiger partial charge is 0.376 e. The van der Waals surface area contributed by atoms with Crippen LogP contribution in [0.15, 0.2) is 4.99 Å². The van der Waals surface area contributed by atoms with Gasteiger partial charge in [-0.05, 0) is 25.2 Å². The Kier molecular flexibility index (Phi) is 4.03. The van der Waals surface area contributed by atoms with E-state index in [0.29, 0.717) is 22.8 Å². The molecule has 3 nitrogen and oxygen atoms in total. The highest BCUT2D eigenvalue weighted by molar-refractivity contribution is 8.14. The van der Waals surface area contributed by atoms with E-state index in [2.05, 4.69) is 38.0 Å². The number of nitrogens with one attached hydrogen (secondary N) is 1. The van der Waals surface area contributed by atoms with Gasteiger partial charge < -0.3 is 10.1 Å². The van der Waals surface area contributed by atoms with E-state index >= 15 is 0 Å². The predicted molar refractivity (Wildman–Crippen MR) is 74.7 cm³/mol. The number of hydrogen-bond donors (Lipinski definition) is 1. The van der Waals surface area contributed by atoms with Crippen molar-refractivity contribution in [1.29, 1.82) is 0 Å². The van der Waals surface area contributed by atoms with Crippen molar-refractivity contribution in [2.75, 3.05) is 13.2 Å². The molecule has 1 N–H and O–H groups in total. The molecule has 3 atom stereocenters. The summed E-state index contributed by atoms with van der Waals surface area (Å²) in [6, 6.07) is 0.453. The first-order chi connectivity index (χ1) is 7.94. The highest BCUT2D eigenvalue weighted by Crippen LogP contribution is 2.31. The predicted octanol–water partition coefficient (Wildman–Crippen LogP) is 2.66. The number of thioether (sulfide) groups is 1. The molecular weight excluding hydrogens is 232 g/mol. The van der Waals surface area contributed by atoms with Crippen molar-refractivity contribution in [2.45, 2.75) is 57.9 Å². The summed E-state index contributed by atoms with van der Waals surface area (Å²) in [5.74, 6) is 0. The Bertz CT molecular complexity index is 298. The van der Waals surface area contributed by atoms with Gasteiger partial charge in [-0.15, -0.1) is 0 Å². The summed E-state index contributed by atoms with van der Waals surface area (Å²) < 4.78 is 5.56. The fourth-order valence-corrected chi connectivity index (χ4v) is 3.78. The average Bonchev–Trinajstić information content (AvgIpc) is 2.76. The second kappa shape index (κ2) is 5.19. The van der Waals surface area contributed by atoms with Crippen molar-refractivity contribution in [3.63, 3.8) is 0 Å². The van der Waals surface area contributed by atoms with E-state index in [1.165, 1.54) is 6.42 Å². The zero-order chi connectivity index (χ0) is 12.5. The Morgan fingerprint density at radius 2 is 2.24 bits per heavy atom. The lowest BCUT2D eigenvalue weighted by atomic mass is 9.90. The molecule has 0 radical (unpaired) electrons. The summed E-state index contributed by atoms with van der Waals surface area (Å²) in [6.45, 7) is 10.9. The zero-order valence-electron chi connectivity index (χ0n) is 11.3. The van der Waals surface area contributed by atoms with Crippen LogP contribution < -0.4 is 5.32 Å². The maximum atomic E-state index is 5.56. The van der Waals surface area contributed by atoms with Crippen LogP contribution in [0.2, 0.25) is 0 Å². The lowest BCUT2D eigenvalue weighted by Gasteiger charge is -2.22. The van der Waals surface area contributed by atoms with Crippen LogP contribution in [0, 0.1) is 5.41 Å². The van der Waals surface area contributed by atoms with Crippen LogP contribution in [0.25, 0.3) is 0 Å². The van der Waals surface area contributed by atoms with Gasteiger partial charge in [-0.1, -0.05) is 32.5 Å². The summed E-state index contributed by atoms with van der Waals surface area (Å²) in [4.78, 5) is 4.61. The van der Waals surface area contributed by atoms with Crippen molar-refractivity contribution >= 4 is 16.9 Å². The fourth-order valence-electron chi connectivity index (χ4n) is 2.37. The molecule has 98 valence electrons. The second-order valence-corrected chi connectivity index (χ2v) is 7.55. The lowest BCUT2D eigenvalue weighted by molar-refractivity contribution is 0.116. The smallest absolute Gasteiger partial charge is 0.157 e. The third-order valence-corrected chi connectivity index (χ3v) is 4.36. The number of ether oxygens (including phenoxy) is 1. The molecule has 0 aliphatic carbocycles. The minimum absolute atomic E-state index is 0.319. The summed E-state index contributed by atoms with van der Waals surface area (Å²) >= 11 is 1.91. The minimum Gasteiger partial charge on any atom is -0.376 e. The Morgan fingerprint density at radius 1 is 1.47 bits per heavy atom. The third-order valence-electron chi connectivity index (χ3n) is 3.24. The van der Waals surface area contributed by atoms with E-state index in [0.717, 1.165) is 24.7 Å². The summed E-state index contributed by atoms with van der Waals surface area (Å²) in [5.41, 5.74) is 0.395. The van der Waals surface area contributed by atoms with E-state index in [-0.39, 0.29) is 0 Å². The van der Waals surface area contributed by atoms with Crippen molar-refractivity contribution in [3.8, 4) is 0 Å². The van der Waals surface area contributed by atoms with Gasteiger partial charge in [0.15, 0.2) is 5.17 Å². The highest BCUT2D eigenvalue weighted by Gasteiger charge is 2.29. The fraction of sp³-hybridized carbons (Fsp3) is 0.923. The standard InChI is InChI=1S/C13H24N2OS/c1-9-11(5-6-16-9)15-12-14-8-10(17-12)7-13(2,3)4/h9-11H,5-8H2,1-4H3,(H,14,15). The maximum Gasteiger partial charge on any atom is 0.157 e. The first kappa shape index (κ1) is 13.2. The van der Waals surface area contributed by atoms with E-state index in [1.807, 2.05) is 11.8 Å². The molecule has 0 saturated carbocycles. The second-order valence-electron chi connectivity index (χ2n) is 6.27. The van der Waals surface area contributed by atoms with E-state index in [4.69, 9.17) is 4.74 Å². The molecule has 0 aromatic carbocycles. The van der Waals surface area contributed by atoms with Gasteiger partial charge in [-0.3, -0.25) is 4.99 Å². The summed E-state index contributed by atoms with van der Waals surface area (Å²) in [7, 11) is 0. The van der Waals surface area contributed by atoms with Crippen molar-refractivity contribution in [2.24, 2.45) is 10.4 Å². The number of nitrogens with zero attached hydrogens (tertiary/aromatic N) is 1. The molecule has 0 amide bonds. The van der Waals surface area contributed by atoms with Crippen LogP contribution in [0.5, 0.6) is 0 Å². The molecule has 17 heavy (non-hydrogen) atoms. The van der Waals surface area contributed by atoms with Gasteiger partial charge in [0.2, 0.25) is 0 Å². The van der Waals surface area contributed by atoms with Crippen LogP contribution in [-0.4, -0.2) is 35.7 Å². The minimum atomic E-state index is 0.319. The van der Waals surface area contributed by atoms with Gasteiger partial charge in [-0.25, -0.2) is 0 Å². The van der Waals surface area contributed by atoms with E-state index in [1.54, 1.807) is 0 Å². The number of aliphatic imine (C=N–C) groups is 1.